The van der Waals surface area contributed by atoms with Crippen LogP contribution in [0.25, 0.3) is 0 Å². The molecule has 0 saturated carbocycles. The van der Waals surface area contributed by atoms with Crippen molar-refractivity contribution in [2.75, 3.05) is 6.54 Å². The fraction of sp³-hybridized carbons (Fsp3) is 0.294. The standard InChI is InChI=1S/C17H18Cl2FN/c1-2-21-16(9-12-4-3-5-14(18)8-12)11-13-10-15(19)6-7-17(13)20/h3-8,10,16,21H,2,9,11H2,1H3. The van der Waals surface area contributed by atoms with Crippen LogP contribution in [0.1, 0.15) is 18.1 Å². The highest BCUT2D eigenvalue weighted by atomic mass is 35.5. The predicted octanol–water partition coefficient (Wildman–Crippen LogP) is 4.90. The third-order valence-corrected chi connectivity index (χ3v) is 3.81. The molecule has 1 unspecified atom stereocenters. The van der Waals surface area contributed by atoms with Crippen molar-refractivity contribution in [2.24, 2.45) is 0 Å². The minimum Gasteiger partial charge on any atom is -0.314 e. The van der Waals surface area contributed by atoms with E-state index in [9.17, 15) is 4.39 Å². The van der Waals surface area contributed by atoms with Crippen molar-refractivity contribution in [2.45, 2.75) is 25.8 Å². The average molecular weight is 326 g/mol. The zero-order valence-corrected chi connectivity index (χ0v) is 13.4. The molecule has 0 spiro atoms. The molecule has 112 valence electrons. The number of benzene rings is 2. The molecule has 4 heteroatoms. The van der Waals surface area contributed by atoms with Gasteiger partial charge in [0.15, 0.2) is 0 Å². The molecule has 0 aliphatic heterocycles. The van der Waals surface area contributed by atoms with Crippen molar-refractivity contribution in [1.82, 2.24) is 5.32 Å². The number of likely N-dealkylation sites (N-methyl/N-ethyl adjacent to an activating group) is 1. The lowest BCUT2D eigenvalue weighted by Gasteiger charge is -2.19. The number of rotatable bonds is 6. The molecule has 0 radical (unpaired) electrons. The van der Waals surface area contributed by atoms with Crippen LogP contribution in [-0.4, -0.2) is 12.6 Å². The third-order valence-electron chi connectivity index (χ3n) is 3.34. The number of nitrogens with one attached hydrogen (secondary N) is 1. The summed E-state index contributed by atoms with van der Waals surface area (Å²) in [7, 11) is 0. The summed E-state index contributed by atoms with van der Waals surface area (Å²) in [4.78, 5) is 0. The molecule has 21 heavy (non-hydrogen) atoms. The molecular weight excluding hydrogens is 308 g/mol. The summed E-state index contributed by atoms with van der Waals surface area (Å²) >= 11 is 12.0. The molecule has 0 aliphatic rings. The minimum absolute atomic E-state index is 0.140. The van der Waals surface area contributed by atoms with Gasteiger partial charge in [-0.1, -0.05) is 42.3 Å². The van der Waals surface area contributed by atoms with Gasteiger partial charge in [-0.25, -0.2) is 4.39 Å². The maximum atomic E-state index is 13.9. The van der Waals surface area contributed by atoms with Gasteiger partial charge in [0.25, 0.3) is 0 Å². The molecule has 0 aromatic heterocycles. The lowest BCUT2D eigenvalue weighted by atomic mass is 9.98. The second-order valence-electron chi connectivity index (χ2n) is 5.03. The Morgan fingerprint density at radius 1 is 1.05 bits per heavy atom. The largest absolute Gasteiger partial charge is 0.314 e. The fourth-order valence-corrected chi connectivity index (χ4v) is 2.83. The van der Waals surface area contributed by atoms with Gasteiger partial charge in [0.1, 0.15) is 5.82 Å². The van der Waals surface area contributed by atoms with Crippen molar-refractivity contribution >= 4 is 23.2 Å². The molecule has 0 heterocycles. The van der Waals surface area contributed by atoms with Crippen LogP contribution >= 0.6 is 23.2 Å². The summed E-state index contributed by atoms with van der Waals surface area (Å²) in [6.45, 7) is 2.87. The molecular formula is C17H18Cl2FN. The van der Waals surface area contributed by atoms with Crippen LogP contribution in [0, 0.1) is 5.82 Å². The average Bonchev–Trinajstić information content (AvgIpc) is 2.43. The SMILES string of the molecule is CCNC(Cc1cccc(Cl)c1)Cc1cc(Cl)ccc1F. The van der Waals surface area contributed by atoms with Gasteiger partial charge in [-0.15, -0.1) is 0 Å². The molecule has 2 aromatic carbocycles. The van der Waals surface area contributed by atoms with E-state index in [1.54, 1.807) is 12.1 Å². The molecule has 2 rings (SSSR count). The van der Waals surface area contributed by atoms with Crippen molar-refractivity contribution in [3.8, 4) is 0 Å². The van der Waals surface area contributed by atoms with E-state index in [4.69, 9.17) is 23.2 Å². The van der Waals surface area contributed by atoms with E-state index in [2.05, 4.69) is 5.32 Å². The highest BCUT2D eigenvalue weighted by molar-refractivity contribution is 6.30. The van der Waals surface area contributed by atoms with Gasteiger partial charge in [0, 0.05) is 16.1 Å². The summed E-state index contributed by atoms with van der Waals surface area (Å²) in [5.41, 5.74) is 1.77. The zero-order valence-electron chi connectivity index (χ0n) is 11.9. The van der Waals surface area contributed by atoms with Crippen molar-refractivity contribution in [3.05, 3.63) is 69.5 Å². The first kappa shape index (κ1) is 16.3. The van der Waals surface area contributed by atoms with E-state index in [1.807, 2.05) is 31.2 Å². The minimum atomic E-state index is -0.214. The molecule has 0 bridgehead atoms. The lowest BCUT2D eigenvalue weighted by molar-refractivity contribution is 0.506. The highest BCUT2D eigenvalue weighted by Gasteiger charge is 2.13. The topological polar surface area (TPSA) is 12.0 Å². The summed E-state index contributed by atoms with van der Waals surface area (Å²) in [5, 5.41) is 4.67. The zero-order chi connectivity index (χ0) is 15.2. The maximum absolute atomic E-state index is 13.9. The van der Waals surface area contributed by atoms with Crippen LogP contribution < -0.4 is 5.32 Å². The van der Waals surface area contributed by atoms with E-state index in [0.29, 0.717) is 17.0 Å². The fourth-order valence-electron chi connectivity index (χ4n) is 2.42. The van der Waals surface area contributed by atoms with Crippen LogP contribution in [0.3, 0.4) is 0 Å². The Labute approximate surface area is 135 Å². The van der Waals surface area contributed by atoms with Gasteiger partial charge >= 0.3 is 0 Å². The highest BCUT2D eigenvalue weighted by Crippen LogP contribution is 2.19. The summed E-state index contributed by atoms with van der Waals surface area (Å²) in [6, 6.07) is 12.6. The van der Waals surface area contributed by atoms with Crippen LogP contribution in [0.4, 0.5) is 4.39 Å². The molecule has 0 amide bonds. The molecule has 1 nitrogen and oxygen atoms in total. The number of halogens is 3. The van der Waals surface area contributed by atoms with E-state index in [1.165, 1.54) is 6.07 Å². The molecule has 1 N–H and O–H groups in total. The van der Waals surface area contributed by atoms with E-state index < -0.39 is 0 Å². The predicted molar refractivity (Wildman–Crippen MR) is 87.7 cm³/mol. The first-order valence-corrected chi connectivity index (χ1v) is 7.76. The number of hydrogen-bond donors (Lipinski definition) is 1. The summed E-state index contributed by atoms with van der Waals surface area (Å²) < 4.78 is 13.9. The van der Waals surface area contributed by atoms with Gasteiger partial charge in [-0.2, -0.15) is 0 Å². The Hall–Kier alpha value is -1.09. The van der Waals surface area contributed by atoms with Crippen LogP contribution in [0.15, 0.2) is 42.5 Å². The molecule has 0 fully saturated rings. The normalized spacial score (nSPS) is 12.4. The smallest absolute Gasteiger partial charge is 0.126 e. The van der Waals surface area contributed by atoms with Gasteiger partial charge in [0.2, 0.25) is 0 Å². The lowest BCUT2D eigenvalue weighted by Crippen LogP contribution is -2.33. The molecule has 0 aliphatic carbocycles. The third kappa shape index (κ3) is 4.99. The Balaban J connectivity index is 2.13. The summed E-state index contributed by atoms with van der Waals surface area (Å²) in [5.74, 6) is -0.214. The van der Waals surface area contributed by atoms with Crippen molar-refractivity contribution in [3.63, 3.8) is 0 Å². The second kappa shape index (κ2) is 7.79. The van der Waals surface area contributed by atoms with Crippen molar-refractivity contribution in [1.29, 1.82) is 0 Å². The summed E-state index contributed by atoms with van der Waals surface area (Å²) in [6.07, 6.45) is 1.38. The van der Waals surface area contributed by atoms with E-state index in [-0.39, 0.29) is 11.9 Å². The maximum Gasteiger partial charge on any atom is 0.126 e. The Morgan fingerprint density at radius 2 is 1.81 bits per heavy atom. The van der Waals surface area contributed by atoms with Gasteiger partial charge < -0.3 is 5.32 Å². The Morgan fingerprint density at radius 3 is 2.52 bits per heavy atom. The Kier molecular flexibility index (Phi) is 6.04. The van der Waals surface area contributed by atoms with Crippen LogP contribution in [-0.2, 0) is 12.8 Å². The van der Waals surface area contributed by atoms with Gasteiger partial charge in [-0.3, -0.25) is 0 Å². The molecule has 2 aromatic rings. The van der Waals surface area contributed by atoms with Crippen LogP contribution in [0.5, 0.6) is 0 Å². The first-order valence-electron chi connectivity index (χ1n) is 7.00. The van der Waals surface area contributed by atoms with E-state index >= 15 is 0 Å². The molecule has 0 saturated heterocycles. The number of hydrogen-bond acceptors (Lipinski definition) is 1. The Bertz CT molecular complexity index is 601. The second-order valence-corrected chi connectivity index (χ2v) is 5.90. The van der Waals surface area contributed by atoms with Gasteiger partial charge in [-0.05, 0) is 60.8 Å². The van der Waals surface area contributed by atoms with Gasteiger partial charge in [0.05, 0.1) is 0 Å². The van der Waals surface area contributed by atoms with Crippen molar-refractivity contribution < 1.29 is 4.39 Å². The monoisotopic (exact) mass is 325 g/mol. The van der Waals surface area contributed by atoms with Crippen LogP contribution in [0.2, 0.25) is 10.0 Å². The molecule has 1 atom stereocenters. The van der Waals surface area contributed by atoms with E-state index in [0.717, 1.165) is 23.6 Å². The first-order chi connectivity index (χ1) is 10.1. The quantitative estimate of drug-likeness (QED) is 0.796.